The number of carbonyl (C=O) groups is 1. The molecule has 2 aliphatic heterocycles. The number of rotatable bonds is 3. The van der Waals surface area contributed by atoms with Crippen LogP contribution in [0.5, 0.6) is 0 Å². The lowest BCUT2D eigenvalue weighted by Crippen LogP contribution is -2.32. The number of amides is 1. The van der Waals surface area contributed by atoms with E-state index >= 15 is 0 Å². The number of likely N-dealkylation sites (tertiary alicyclic amines) is 2. The van der Waals surface area contributed by atoms with E-state index in [1.54, 1.807) is 12.3 Å². The number of benzene rings is 1. The summed E-state index contributed by atoms with van der Waals surface area (Å²) in [4.78, 5) is 32.1. The maximum Gasteiger partial charge on any atom is 0.255 e. The molecule has 126 valence electrons. The maximum atomic E-state index is 12.9. The number of H-pyrrole nitrogens is 1. The fourth-order valence-corrected chi connectivity index (χ4v) is 4.05. The lowest BCUT2D eigenvalue weighted by atomic mass is 10.1. The van der Waals surface area contributed by atoms with Gasteiger partial charge in [0.25, 0.3) is 11.5 Å². The molecule has 0 bridgehead atoms. The number of fused-ring (bicyclic) bond motifs is 1. The van der Waals surface area contributed by atoms with E-state index in [9.17, 15) is 9.59 Å². The third-order valence-electron chi connectivity index (χ3n) is 5.33. The zero-order chi connectivity index (χ0) is 16.5. The Morgan fingerprint density at radius 1 is 1.12 bits per heavy atom. The Balaban J connectivity index is 1.52. The molecule has 1 amide bonds. The van der Waals surface area contributed by atoms with Gasteiger partial charge in [0.1, 0.15) is 0 Å². The number of pyridine rings is 1. The van der Waals surface area contributed by atoms with Crippen LogP contribution in [0.25, 0.3) is 10.8 Å². The molecule has 5 nitrogen and oxygen atoms in total. The molecule has 0 aliphatic carbocycles. The van der Waals surface area contributed by atoms with Crippen molar-refractivity contribution in [3.8, 4) is 0 Å². The number of hydrogen-bond donors (Lipinski definition) is 1. The van der Waals surface area contributed by atoms with E-state index in [-0.39, 0.29) is 11.5 Å². The molecule has 1 atom stereocenters. The molecule has 0 saturated carbocycles. The van der Waals surface area contributed by atoms with Crippen molar-refractivity contribution in [1.29, 1.82) is 0 Å². The average Bonchev–Trinajstić information content (AvgIpc) is 3.27. The molecule has 0 radical (unpaired) electrons. The van der Waals surface area contributed by atoms with Gasteiger partial charge in [0.05, 0.1) is 5.56 Å². The van der Waals surface area contributed by atoms with E-state index in [1.165, 1.54) is 25.9 Å². The fraction of sp³-hybridized carbons (Fsp3) is 0.474. The molecule has 3 heterocycles. The van der Waals surface area contributed by atoms with Gasteiger partial charge >= 0.3 is 0 Å². The van der Waals surface area contributed by atoms with Crippen LogP contribution in [0.15, 0.2) is 35.3 Å². The van der Waals surface area contributed by atoms with Crippen molar-refractivity contribution in [2.75, 3.05) is 32.7 Å². The molecular weight excluding hydrogens is 302 g/mol. The van der Waals surface area contributed by atoms with Crippen LogP contribution in [0.4, 0.5) is 0 Å². The minimum atomic E-state index is -0.143. The largest absolute Gasteiger partial charge is 0.338 e. The molecule has 4 rings (SSSR count). The van der Waals surface area contributed by atoms with Gasteiger partial charge in [-0.25, -0.2) is 0 Å². The molecule has 0 spiro atoms. The number of nitrogens with one attached hydrogen (secondary N) is 1. The number of aromatic nitrogens is 1. The first-order valence-corrected chi connectivity index (χ1v) is 8.84. The van der Waals surface area contributed by atoms with Gasteiger partial charge in [-0.3, -0.25) is 9.59 Å². The fourth-order valence-electron chi connectivity index (χ4n) is 4.05. The van der Waals surface area contributed by atoms with Crippen LogP contribution >= 0.6 is 0 Å². The zero-order valence-corrected chi connectivity index (χ0v) is 13.8. The van der Waals surface area contributed by atoms with Gasteiger partial charge in [-0.05, 0) is 44.3 Å². The van der Waals surface area contributed by atoms with Crippen LogP contribution in [0, 0.1) is 5.92 Å². The normalized spacial score (nSPS) is 21.7. The molecule has 1 aromatic carbocycles. The monoisotopic (exact) mass is 325 g/mol. The second-order valence-corrected chi connectivity index (χ2v) is 6.99. The second kappa shape index (κ2) is 6.40. The molecule has 1 N–H and O–H groups in total. The van der Waals surface area contributed by atoms with Crippen LogP contribution < -0.4 is 5.56 Å². The first-order chi connectivity index (χ1) is 11.7. The van der Waals surface area contributed by atoms with Gasteiger partial charge in [-0.1, -0.05) is 18.2 Å². The Hall–Kier alpha value is -2.14. The molecule has 1 unspecified atom stereocenters. The van der Waals surface area contributed by atoms with Gasteiger partial charge in [-0.2, -0.15) is 0 Å². The third kappa shape index (κ3) is 2.84. The standard InChI is InChI=1S/C19H23N3O2/c23-18-16-6-2-1-5-15(16)17(11-20-18)19(24)22-10-7-14(13-22)12-21-8-3-4-9-21/h1-2,5-6,11,14H,3-4,7-10,12-13H2,(H,20,23). The highest BCUT2D eigenvalue weighted by Crippen LogP contribution is 2.23. The Kier molecular flexibility index (Phi) is 4.10. The smallest absolute Gasteiger partial charge is 0.255 e. The quantitative estimate of drug-likeness (QED) is 0.940. The van der Waals surface area contributed by atoms with Gasteiger partial charge < -0.3 is 14.8 Å². The summed E-state index contributed by atoms with van der Waals surface area (Å²) >= 11 is 0. The summed E-state index contributed by atoms with van der Waals surface area (Å²) in [5.74, 6) is 0.604. The molecule has 2 fully saturated rings. The molecule has 5 heteroatoms. The minimum Gasteiger partial charge on any atom is -0.338 e. The average molecular weight is 325 g/mol. The number of aromatic amines is 1. The lowest BCUT2D eigenvalue weighted by molar-refractivity contribution is 0.0786. The van der Waals surface area contributed by atoms with Crippen molar-refractivity contribution in [2.24, 2.45) is 5.92 Å². The summed E-state index contributed by atoms with van der Waals surface area (Å²) in [5, 5.41) is 1.32. The first-order valence-electron chi connectivity index (χ1n) is 8.84. The van der Waals surface area contributed by atoms with Crippen molar-refractivity contribution < 1.29 is 4.79 Å². The van der Waals surface area contributed by atoms with Crippen LogP contribution in [0.3, 0.4) is 0 Å². The van der Waals surface area contributed by atoms with Crippen molar-refractivity contribution in [3.05, 3.63) is 46.4 Å². The van der Waals surface area contributed by atoms with Crippen molar-refractivity contribution in [2.45, 2.75) is 19.3 Å². The predicted octanol–water partition coefficient (Wildman–Crippen LogP) is 2.09. The molecule has 24 heavy (non-hydrogen) atoms. The van der Waals surface area contributed by atoms with Gasteiger partial charge in [0.2, 0.25) is 0 Å². The second-order valence-electron chi connectivity index (χ2n) is 6.99. The summed E-state index contributed by atoms with van der Waals surface area (Å²) < 4.78 is 0. The summed E-state index contributed by atoms with van der Waals surface area (Å²) in [6, 6.07) is 7.33. The van der Waals surface area contributed by atoms with Crippen molar-refractivity contribution in [1.82, 2.24) is 14.8 Å². The highest BCUT2D eigenvalue weighted by molar-refractivity contribution is 6.06. The Labute approximate surface area is 141 Å². The van der Waals surface area contributed by atoms with E-state index in [1.807, 2.05) is 23.1 Å². The molecule has 2 saturated heterocycles. The zero-order valence-electron chi connectivity index (χ0n) is 13.8. The number of carbonyl (C=O) groups excluding carboxylic acids is 1. The van der Waals surface area contributed by atoms with Gasteiger partial charge in [0.15, 0.2) is 0 Å². The Morgan fingerprint density at radius 3 is 2.67 bits per heavy atom. The first kappa shape index (κ1) is 15.4. The van der Waals surface area contributed by atoms with Crippen LogP contribution in [0.1, 0.15) is 29.6 Å². The third-order valence-corrected chi connectivity index (χ3v) is 5.33. The van der Waals surface area contributed by atoms with Crippen LogP contribution in [0.2, 0.25) is 0 Å². The SMILES string of the molecule is O=C(c1c[nH]c(=O)c2ccccc12)N1CCC(CN2CCCC2)C1. The Morgan fingerprint density at radius 2 is 1.88 bits per heavy atom. The topological polar surface area (TPSA) is 56.4 Å². The van der Waals surface area contributed by atoms with E-state index in [4.69, 9.17) is 0 Å². The molecule has 2 aliphatic rings. The van der Waals surface area contributed by atoms with E-state index in [2.05, 4.69) is 9.88 Å². The number of nitrogens with zero attached hydrogens (tertiary/aromatic N) is 2. The molecule has 2 aromatic rings. The van der Waals surface area contributed by atoms with Crippen LogP contribution in [-0.2, 0) is 0 Å². The van der Waals surface area contributed by atoms with Crippen LogP contribution in [-0.4, -0.2) is 53.4 Å². The van der Waals surface area contributed by atoms with Gasteiger partial charge in [-0.15, -0.1) is 0 Å². The summed E-state index contributed by atoms with van der Waals surface area (Å²) in [6.45, 7) is 5.15. The summed E-state index contributed by atoms with van der Waals surface area (Å²) in [5.41, 5.74) is 0.461. The van der Waals surface area contributed by atoms with E-state index in [0.29, 0.717) is 16.9 Å². The highest BCUT2D eigenvalue weighted by Gasteiger charge is 2.29. The van der Waals surface area contributed by atoms with Gasteiger partial charge in [0, 0.05) is 36.6 Å². The number of hydrogen-bond acceptors (Lipinski definition) is 3. The van der Waals surface area contributed by atoms with E-state index < -0.39 is 0 Å². The van der Waals surface area contributed by atoms with Crippen molar-refractivity contribution in [3.63, 3.8) is 0 Å². The maximum absolute atomic E-state index is 12.9. The minimum absolute atomic E-state index is 0.0337. The predicted molar refractivity (Wildman–Crippen MR) is 94.3 cm³/mol. The van der Waals surface area contributed by atoms with Crippen molar-refractivity contribution >= 4 is 16.7 Å². The summed E-state index contributed by atoms with van der Waals surface area (Å²) in [6.07, 6.45) is 5.25. The highest BCUT2D eigenvalue weighted by atomic mass is 16.2. The Bertz CT molecular complexity index is 808. The van der Waals surface area contributed by atoms with E-state index in [0.717, 1.165) is 31.4 Å². The summed E-state index contributed by atoms with van der Waals surface area (Å²) in [7, 11) is 0. The lowest BCUT2D eigenvalue weighted by Gasteiger charge is -2.21. The molecule has 1 aromatic heterocycles. The molecular formula is C19H23N3O2.